The summed E-state index contributed by atoms with van der Waals surface area (Å²) in [5, 5.41) is 2.55. The Bertz CT molecular complexity index is 813. The molecule has 0 radical (unpaired) electrons. The molecule has 0 aliphatic heterocycles. The number of carbonyl (C=O) groups is 2. The molecular weight excluding hydrogens is 446 g/mol. The van der Waals surface area contributed by atoms with Crippen LogP contribution in [0.15, 0.2) is 21.3 Å². The van der Waals surface area contributed by atoms with Crippen molar-refractivity contribution in [3.05, 3.63) is 27.0 Å². The zero-order chi connectivity index (χ0) is 17.9. The van der Waals surface area contributed by atoms with Crippen molar-refractivity contribution in [1.29, 1.82) is 0 Å². The summed E-state index contributed by atoms with van der Waals surface area (Å²) in [7, 11) is 0. The van der Waals surface area contributed by atoms with Gasteiger partial charge in [0.1, 0.15) is 20.6 Å². The van der Waals surface area contributed by atoms with Crippen molar-refractivity contribution in [1.82, 2.24) is 15.0 Å². The normalized spacial score (nSPS) is 10.3. The van der Waals surface area contributed by atoms with Gasteiger partial charge >= 0.3 is 0 Å². The number of anilines is 1. The number of primary amides is 1. The maximum atomic E-state index is 11.8. The van der Waals surface area contributed by atoms with Gasteiger partial charge in [0.15, 0.2) is 5.82 Å². The van der Waals surface area contributed by atoms with E-state index in [0.717, 1.165) is 0 Å². The highest BCUT2D eigenvalue weighted by atomic mass is 79.9. The third-order valence-corrected chi connectivity index (χ3v) is 3.86. The summed E-state index contributed by atoms with van der Waals surface area (Å²) < 4.78 is 5.98. The smallest absolute Gasteiger partial charge is 0.268 e. The molecule has 0 fully saturated rings. The number of hydrogen-bond donors (Lipinski definition) is 2. The lowest BCUT2D eigenvalue weighted by Gasteiger charge is -2.12. The van der Waals surface area contributed by atoms with Crippen LogP contribution in [-0.4, -0.2) is 33.4 Å². The van der Waals surface area contributed by atoms with E-state index in [1.807, 2.05) is 0 Å². The van der Waals surface area contributed by atoms with Crippen LogP contribution in [0, 0.1) is 0 Å². The highest BCUT2D eigenvalue weighted by Gasteiger charge is 2.20. The minimum absolute atomic E-state index is 0.00736. The van der Waals surface area contributed by atoms with E-state index in [0.29, 0.717) is 27.1 Å². The molecule has 2 heterocycles. The van der Waals surface area contributed by atoms with Crippen molar-refractivity contribution >= 4 is 49.5 Å². The zero-order valence-corrected chi connectivity index (χ0v) is 15.9. The van der Waals surface area contributed by atoms with E-state index < -0.39 is 5.91 Å². The number of nitrogens with one attached hydrogen (secondary N) is 1. The highest BCUT2D eigenvalue weighted by Crippen LogP contribution is 2.32. The number of pyridine rings is 1. The van der Waals surface area contributed by atoms with Gasteiger partial charge in [0.2, 0.25) is 11.8 Å². The summed E-state index contributed by atoms with van der Waals surface area (Å²) in [6.45, 7) is 3.55. The van der Waals surface area contributed by atoms with Crippen molar-refractivity contribution in [3.63, 3.8) is 0 Å². The van der Waals surface area contributed by atoms with Gasteiger partial charge in [0.05, 0.1) is 6.61 Å². The Balaban J connectivity index is 2.62. The molecule has 126 valence electrons. The second-order valence-electron chi connectivity index (χ2n) is 4.53. The first kappa shape index (κ1) is 18.3. The Morgan fingerprint density at radius 2 is 1.92 bits per heavy atom. The Morgan fingerprint density at radius 3 is 2.50 bits per heavy atom. The van der Waals surface area contributed by atoms with Crippen LogP contribution in [0.3, 0.4) is 0 Å². The van der Waals surface area contributed by atoms with Gasteiger partial charge in [0, 0.05) is 18.6 Å². The van der Waals surface area contributed by atoms with Crippen LogP contribution in [0.4, 0.5) is 5.82 Å². The molecule has 24 heavy (non-hydrogen) atoms. The largest absolute Gasteiger partial charge is 0.478 e. The van der Waals surface area contributed by atoms with Crippen LogP contribution in [0.25, 0.3) is 11.3 Å². The monoisotopic (exact) mass is 457 g/mol. The third kappa shape index (κ3) is 4.06. The van der Waals surface area contributed by atoms with Crippen molar-refractivity contribution in [2.24, 2.45) is 5.73 Å². The van der Waals surface area contributed by atoms with Crippen molar-refractivity contribution in [2.75, 3.05) is 11.9 Å². The number of rotatable bonds is 5. The Labute approximate surface area is 154 Å². The fourth-order valence-corrected chi connectivity index (χ4v) is 2.94. The molecule has 10 heteroatoms. The van der Waals surface area contributed by atoms with Crippen LogP contribution < -0.4 is 15.8 Å². The van der Waals surface area contributed by atoms with E-state index in [1.165, 1.54) is 6.92 Å². The number of halogens is 2. The molecule has 0 saturated carbocycles. The maximum Gasteiger partial charge on any atom is 0.268 e. The van der Waals surface area contributed by atoms with Gasteiger partial charge < -0.3 is 15.8 Å². The van der Waals surface area contributed by atoms with E-state index in [1.54, 1.807) is 19.1 Å². The quantitative estimate of drug-likeness (QED) is 0.710. The predicted molar refractivity (Wildman–Crippen MR) is 94.7 cm³/mol. The Kier molecular flexibility index (Phi) is 5.84. The molecule has 0 aromatic carbocycles. The van der Waals surface area contributed by atoms with E-state index in [9.17, 15) is 9.59 Å². The molecule has 2 aromatic heterocycles. The fourth-order valence-electron chi connectivity index (χ4n) is 1.86. The van der Waals surface area contributed by atoms with Crippen molar-refractivity contribution in [2.45, 2.75) is 13.8 Å². The highest BCUT2D eigenvalue weighted by molar-refractivity contribution is 9.11. The molecule has 0 atom stereocenters. The SMILES string of the molecule is CCOc1ccc(-c2nc(NC(C)=O)c(Br)nc2Br)c(C(N)=O)n1. The van der Waals surface area contributed by atoms with E-state index in [2.05, 4.69) is 52.1 Å². The lowest BCUT2D eigenvalue weighted by molar-refractivity contribution is -0.114. The molecule has 3 N–H and O–H groups in total. The number of aromatic nitrogens is 3. The molecule has 0 unspecified atom stereocenters. The predicted octanol–water partition coefficient (Wildman–Crippen LogP) is 2.52. The summed E-state index contributed by atoms with van der Waals surface area (Å²) in [6.07, 6.45) is 0. The third-order valence-electron chi connectivity index (χ3n) is 2.76. The molecule has 2 aromatic rings. The Hall–Kier alpha value is -2.07. The Morgan fingerprint density at radius 1 is 1.21 bits per heavy atom. The lowest BCUT2D eigenvalue weighted by atomic mass is 10.1. The maximum absolute atomic E-state index is 11.8. The van der Waals surface area contributed by atoms with E-state index in [-0.39, 0.29) is 23.3 Å². The van der Waals surface area contributed by atoms with Gasteiger partial charge in [0.25, 0.3) is 5.91 Å². The molecule has 2 amide bonds. The second-order valence-corrected chi connectivity index (χ2v) is 6.03. The molecule has 0 saturated heterocycles. The average molecular weight is 459 g/mol. The molecule has 2 rings (SSSR count). The molecule has 8 nitrogen and oxygen atoms in total. The van der Waals surface area contributed by atoms with Gasteiger partial charge in [-0.05, 0) is 44.8 Å². The lowest BCUT2D eigenvalue weighted by Crippen LogP contribution is -2.16. The first-order valence-electron chi connectivity index (χ1n) is 6.78. The summed E-state index contributed by atoms with van der Waals surface area (Å²) in [5.74, 6) is -0.550. The van der Waals surface area contributed by atoms with Gasteiger partial charge in [-0.25, -0.2) is 15.0 Å². The van der Waals surface area contributed by atoms with E-state index >= 15 is 0 Å². The molecule has 0 aliphatic rings. The van der Waals surface area contributed by atoms with Crippen LogP contribution in [-0.2, 0) is 4.79 Å². The van der Waals surface area contributed by atoms with Crippen molar-refractivity contribution < 1.29 is 14.3 Å². The number of nitrogens with two attached hydrogens (primary N) is 1. The van der Waals surface area contributed by atoms with Gasteiger partial charge in [-0.3, -0.25) is 9.59 Å². The zero-order valence-electron chi connectivity index (χ0n) is 12.8. The summed E-state index contributed by atoms with van der Waals surface area (Å²) in [5.41, 5.74) is 6.09. The standard InChI is InChI=1S/C14H13Br2N5O3/c1-3-24-8-5-4-7(10(19-8)13(17)23)9-11(15)21-12(16)14(20-9)18-6(2)22/h4-5H,3H2,1-2H3,(H2,17,23)(H,18,20,22). The minimum Gasteiger partial charge on any atom is -0.478 e. The molecule has 0 aliphatic carbocycles. The summed E-state index contributed by atoms with van der Waals surface area (Å²) >= 11 is 6.51. The first-order chi connectivity index (χ1) is 11.3. The van der Waals surface area contributed by atoms with Gasteiger partial charge in [-0.15, -0.1) is 0 Å². The van der Waals surface area contributed by atoms with Gasteiger partial charge in [-0.2, -0.15) is 0 Å². The van der Waals surface area contributed by atoms with E-state index in [4.69, 9.17) is 10.5 Å². The summed E-state index contributed by atoms with van der Waals surface area (Å²) in [4.78, 5) is 35.7. The topological polar surface area (TPSA) is 120 Å². The average Bonchev–Trinajstić information content (AvgIpc) is 2.50. The molecule has 0 bridgehead atoms. The summed E-state index contributed by atoms with van der Waals surface area (Å²) in [6, 6.07) is 3.21. The van der Waals surface area contributed by atoms with Crippen LogP contribution in [0.2, 0.25) is 0 Å². The number of hydrogen-bond acceptors (Lipinski definition) is 6. The number of amides is 2. The van der Waals surface area contributed by atoms with Crippen LogP contribution in [0.5, 0.6) is 5.88 Å². The molecular formula is C14H13Br2N5O3. The molecule has 0 spiro atoms. The minimum atomic E-state index is -0.732. The second kappa shape index (κ2) is 7.67. The number of nitrogens with zero attached hydrogens (tertiary/aromatic N) is 3. The van der Waals surface area contributed by atoms with Gasteiger partial charge in [-0.1, -0.05) is 0 Å². The first-order valence-corrected chi connectivity index (χ1v) is 8.36. The number of ether oxygens (including phenoxy) is 1. The number of carbonyl (C=O) groups excluding carboxylic acids is 2. The van der Waals surface area contributed by atoms with Crippen LogP contribution >= 0.6 is 31.9 Å². The fraction of sp³-hybridized carbons (Fsp3) is 0.214. The van der Waals surface area contributed by atoms with Crippen LogP contribution in [0.1, 0.15) is 24.3 Å². The van der Waals surface area contributed by atoms with Crippen molar-refractivity contribution in [3.8, 4) is 17.1 Å².